The summed E-state index contributed by atoms with van der Waals surface area (Å²) >= 11 is 0. The first kappa shape index (κ1) is 22.7. The topological polar surface area (TPSA) is 79.4 Å². The third-order valence-corrected chi connectivity index (χ3v) is 5.19. The summed E-state index contributed by atoms with van der Waals surface area (Å²) < 4.78 is 10.5. The summed E-state index contributed by atoms with van der Waals surface area (Å²) in [7, 11) is 0. The highest BCUT2D eigenvalue weighted by Crippen LogP contribution is 2.27. The minimum Gasteiger partial charge on any atom is -0.463 e. The van der Waals surface area contributed by atoms with Gasteiger partial charge in [0.15, 0.2) is 0 Å². The Hall–Kier alpha value is -3.03. The van der Waals surface area contributed by atoms with Gasteiger partial charge < -0.3 is 19.3 Å². The fourth-order valence-corrected chi connectivity index (χ4v) is 3.72. The number of fused-ring (bicyclic) bond motifs is 1. The average Bonchev–Trinajstić information content (AvgIpc) is 3.03. The van der Waals surface area contributed by atoms with Crippen LogP contribution in [0.2, 0.25) is 0 Å². The molecule has 2 heterocycles. The maximum atomic E-state index is 12.9. The zero-order valence-corrected chi connectivity index (χ0v) is 18.9. The van der Waals surface area contributed by atoms with Crippen molar-refractivity contribution in [1.29, 1.82) is 0 Å². The number of urea groups is 1. The van der Waals surface area contributed by atoms with Crippen molar-refractivity contribution in [2.75, 3.05) is 37.7 Å². The largest absolute Gasteiger partial charge is 0.463 e. The Balaban J connectivity index is 1.66. The van der Waals surface area contributed by atoms with Crippen molar-refractivity contribution in [3.8, 4) is 0 Å². The zero-order chi connectivity index (χ0) is 22.8. The lowest BCUT2D eigenvalue weighted by Crippen LogP contribution is -2.54. The first-order valence-corrected chi connectivity index (χ1v) is 10.6. The zero-order valence-electron chi connectivity index (χ0n) is 18.9. The van der Waals surface area contributed by atoms with E-state index in [-0.39, 0.29) is 24.1 Å². The highest BCUT2D eigenvalue weighted by molar-refractivity contribution is 5.95. The van der Waals surface area contributed by atoms with Gasteiger partial charge in [0.2, 0.25) is 0 Å². The summed E-state index contributed by atoms with van der Waals surface area (Å²) in [6.07, 6.45) is 1.42. The van der Waals surface area contributed by atoms with Crippen molar-refractivity contribution in [1.82, 2.24) is 9.80 Å². The molecule has 31 heavy (non-hydrogen) atoms. The summed E-state index contributed by atoms with van der Waals surface area (Å²) in [5, 5.41) is 0. The summed E-state index contributed by atoms with van der Waals surface area (Å²) in [4.78, 5) is 42.3. The molecule has 1 aromatic rings. The molecule has 2 aliphatic rings. The van der Waals surface area contributed by atoms with Gasteiger partial charge in [-0.25, -0.2) is 14.4 Å². The van der Waals surface area contributed by atoms with Crippen LogP contribution in [-0.4, -0.2) is 72.3 Å². The Morgan fingerprint density at radius 2 is 1.81 bits per heavy atom. The summed E-state index contributed by atoms with van der Waals surface area (Å²) in [6.45, 7) is 11.3. The molecule has 0 saturated carbocycles. The van der Waals surface area contributed by atoms with Gasteiger partial charge in [-0.1, -0.05) is 12.1 Å². The lowest BCUT2D eigenvalue weighted by atomic mass is 10.1. The molecule has 3 rings (SSSR count). The summed E-state index contributed by atoms with van der Waals surface area (Å²) in [5.41, 5.74) is 1.61. The molecule has 0 spiro atoms. The van der Waals surface area contributed by atoms with Gasteiger partial charge in [0, 0.05) is 37.4 Å². The van der Waals surface area contributed by atoms with Gasteiger partial charge in [0.25, 0.3) is 0 Å². The first-order chi connectivity index (χ1) is 14.6. The lowest BCUT2D eigenvalue weighted by molar-refractivity contribution is -0.138. The predicted octanol–water partition coefficient (Wildman–Crippen LogP) is 3.51. The minimum atomic E-state index is -0.548. The molecular weight excluding hydrogens is 398 g/mol. The van der Waals surface area contributed by atoms with Crippen LogP contribution < -0.4 is 4.90 Å². The number of anilines is 1. The molecule has 0 aliphatic carbocycles. The number of esters is 1. The first-order valence-electron chi connectivity index (χ1n) is 10.6. The molecule has 3 amide bonds. The molecule has 1 unspecified atom stereocenters. The van der Waals surface area contributed by atoms with Crippen molar-refractivity contribution in [2.24, 2.45) is 0 Å². The average molecular weight is 430 g/mol. The van der Waals surface area contributed by atoms with E-state index in [1.54, 1.807) is 29.7 Å². The van der Waals surface area contributed by atoms with Crippen LogP contribution in [0.15, 0.2) is 29.8 Å². The van der Waals surface area contributed by atoms with E-state index in [1.165, 1.54) is 0 Å². The van der Waals surface area contributed by atoms with Crippen molar-refractivity contribution < 1.29 is 23.9 Å². The second-order valence-electron chi connectivity index (χ2n) is 8.81. The van der Waals surface area contributed by atoms with Gasteiger partial charge in [-0.2, -0.15) is 0 Å². The van der Waals surface area contributed by atoms with E-state index in [0.717, 1.165) is 11.3 Å². The molecule has 0 N–H and O–H groups in total. The minimum absolute atomic E-state index is 0.0557. The molecule has 0 bridgehead atoms. The van der Waals surface area contributed by atoms with E-state index >= 15 is 0 Å². The van der Waals surface area contributed by atoms with Gasteiger partial charge in [-0.15, -0.1) is 0 Å². The second kappa shape index (κ2) is 8.99. The van der Waals surface area contributed by atoms with Gasteiger partial charge in [0.1, 0.15) is 5.60 Å². The van der Waals surface area contributed by atoms with Crippen LogP contribution in [0.4, 0.5) is 15.3 Å². The van der Waals surface area contributed by atoms with Crippen LogP contribution in [0.1, 0.15) is 40.2 Å². The Labute approximate surface area is 183 Å². The number of nitrogens with zero attached hydrogens (tertiary/aromatic N) is 3. The van der Waals surface area contributed by atoms with Crippen molar-refractivity contribution in [2.45, 2.75) is 46.3 Å². The fraction of sp³-hybridized carbons (Fsp3) is 0.522. The Morgan fingerprint density at radius 1 is 1.13 bits per heavy atom. The van der Waals surface area contributed by atoms with Gasteiger partial charge in [-0.05, 0) is 58.4 Å². The number of carbonyl (C=O) groups excluding carboxylic acids is 3. The standard InChI is InChI=1S/C23H31N3O5/c1-6-30-20(27)16(2)13-17-7-9-18(10-8-17)26-15-19-14-24(11-12-25(19)21(26)28)22(29)31-23(3,4)5/h7-10,13,19H,6,11-12,14-15H2,1-5H3. The molecule has 1 atom stereocenters. The van der Waals surface area contributed by atoms with Crippen molar-refractivity contribution >= 4 is 29.9 Å². The molecule has 168 valence electrons. The Kier molecular flexibility index (Phi) is 6.57. The molecule has 0 radical (unpaired) electrons. The van der Waals surface area contributed by atoms with Gasteiger partial charge in [0.05, 0.1) is 12.6 Å². The van der Waals surface area contributed by atoms with E-state index in [9.17, 15) is 14.4 Å². The van der Waals surface area contributed by atoms with Gasteiger partial charge in [-0.3, -0.25) is 4.90 Å². The van der Waals surface area contributed by atoms with Crippen LogP contribution in [0.3, 0.4) is 0 Å². The predicted molar refractivity (Wildman–Crippen MR) is 118 cm³/mol. The van der Waals surface area contributed by atoms with Gasteiger partial charge >= 0.3 is 18.1 Å². The molecular formula is C23H31N3O5. The SMILES string of the molecule is CCOC(=O)C(C)=Cc1ccc(N2CC3CN(C(=O)OC(C)(C)C)CCN3C2=O)cc1. The van der Waals surface area contributed by atoms with Crippen LogP contribution in [0.5, 0.6) is 0 Å². The molecule has 0 aromatic heterocycles. The third-order valence-electron chi connectivity index (χ3n) is 5.19. The van der Waals surface area contributed by atoms with Crippen LogP contribution in [-0.2, 0) is 14.3 Å². The van der Waals surface area contributed by atoms with Crippen molar-refractivity contribution in [3.63, 3.8) is 0 Å². The monoisotopic (exact) mass is 429 g/mol. The molecule has 2 fully saturated rings. The maximum absolute atomic E-state index is 12.9. The lowest BCUT2D eigenvalue weighted by Gasteiger charge is -2.36. The number of hydrogen-bond donors (Lipinski definition) is 0. The highest BCUT2D eigenvalue weighted by atomic mass is 16.6. The van der Waals surface area contributed by atoms with E-state index < -0.39 is 5.60 Å². The number of benzene rings is 1. The van der Waals surface area contributed by atoms with Crippen LogP contribution >= 0.6 is 0 Å². The van der Waals surface area contributed by atoms with E-state index in [2.05, 4.69) is 0 Å². The highest BCUT2D eigenvalue weighted by Gasteiger charge is 2.42. The third kappa shape index (κ3) is 5.37. The summed E-state index contributed by atoms with van der Waals surface area (Å²) in [6, 6.07) is 7.35. The van der Waals surface area contributed by atoms with Crippen molar-refractivity contribution in [3.05, 3.63) is 35.4 Å². The molecule has 8 nitrogen and oxygen atoms in total. The van der Waals surface area contributed by atoms with Crippen LogP contribution in [0.25, 0.3) is 6.08 Å². The van der Waals surface area contributed by atoms with E-state index in [4.69, 9.17) is 9.47 Å². The number of hydrogen-bond acceptors (Lipinski definition) is 5. The van der Waals surface area contributed by atoms with E-state index in [1.807, 2.05) is 49.9 Å². The Morgan fingerprint density at radius 3 is 2.42 bits per heavy atom. The normalized spacial score (nSPS) is 19.4. The second-order valence-corrected chi connectivity index (χ2v) is 8.81. The fourth-order valence-electron chi connectivity index (χ4n) is 3.72. The molecule has 2 saturated heterocycles. The quantitative estimate of drug-likeness (QED) is 0.541. The summed E-state index contributed by atoms with van der Waals surface area (Å²) in [5.74, 6) is -0.340. The number of ether oxygens (including phenoxy) is 2. The molecule has 8 heteroatoms. The molecule has 1 aromatic carbocycles. The number of rotatable bonds is 4. The van der Waals surface area contributed by atoms with E-state index in [0.29, 0.717) is 38.4 Å². The number of amides is 3. The smallest absolute Gasteiger partial charge is 0.410 e. The Bertz CT molecular complexity index is 872. The molecule has 2 aliphatic heterocycles. The van der Waals surface area contributed by atoms with Crippen LogP contribution in [0, 0.1) is 0 Å². The number of carbonyl (C=O) groups is 3. The maximum Gasteiger partial charge on any atom is 0.410 e. The number of piperazine rings is 1.